The molecule has 0 aliphatic rings. The summed E-state index contributed by atoms with van der Waals surface area (Å²) in [5, 5.41) is 2.71. The van der Waals surface area contributed by atoms with Crippen LogP contribution in [0.2, 0.25) is 0 Å². The van der Waals surface area contributed by atoms with E-state index in [1.807, 2.05) is 5.38 Å². The predicted molar refractivity (Wildman–Crippen MR) is 72.0 cm³/mol. The molecule has 0 bridgehead atoms. The van der Waals surface area contributed by atoms with E-state index >= 15 is 0 Å². The number of esters is 1. The summed E-state index contributed by atoms with van der Waals surface area (Å²) in [6.07, 6.45) is 2.25. The normalized spacial score (nSPS) is 11.7. The summed E-state index contributed by atoms with van der Waals surface area (Å²) in [5.41, 5.74) is 0. The van der Waals surface area contributed by atoms with Crippen LogP contribution in [0, 0.1) is 0 Å². The van der Waals surface area contributed by atoms with Crippen molar-refractivity contribution in [3.8, 4) is 0 Å². The molecule has 1 aromatic heterocycles. The van der Waals surface area contributed by atoms with E-state index < -0.39 is 16.2 Å². The average molecular weight is 307 g/mol. The Morgan fingerprint density at radius 2 is 2.32 bits per heavy atom. The summed E-state index contributed by atoms with van der Waals surface area (Å²) >= 11 is 1.48. The van der Waals surface area contributed by atoms with Crippen molar-refractivity contribution in [2.45, 2.75) is 12.8 Å². The first-order valence-electron chi connectivity index (χ1n) is 5.62. The lowest BCUT2D eigenvalue weighted by molar-refractivity contribution is -0.140. The summed E-state index contributed by atoms with van der Waals surface area (Å²) in [5.74, 6) is -0.440. The molecular formula is C10H17N3O4S2. The molecule has 0 amide bonds. The third-order valence-electron chi connectivity index (χ3n) is 2.38. The minimum absolute atomic E-state index is 0.0282. The van der Waals surface area contributed by atoms with Crippen LogP contribution < -0.4 is 4.72 Å². The Labute approximate surface area is 116 Å². The van der Waals surface area contributed by atoms with Crippen LogP contribution in [0.5, 0.6) is 0 Å². The summed E-state index contributed by atoms with van der Waals surface area (Å²) in [6.45, 7) is 0.359. The van der Waals surface area contributed by atoms with Gasteiger partial charge in [-0.25, -0.2) is 9.71 Å². The van der Waals surface area contributed by atoms with E-state index in [9.17, 15) is 13.2 Å². The van der Waals surface area contributed by atoms with Crippen LogP contribution >= 0.6 is 11.3 Å². The van der Waals surface area contributed by atoms with Gasteiger partial charge in [-0.15, -0.1) is 11.3 Å². The number of methoxy groups -OCH3 is 1. The molecule has 1 N–H and O–H groups in total. The highest BCUT2D eigenvalue weighted by molar-refractivity contribution is 7.87. The van der Waals surface area contributed by atoms with Crippen molar-refractivity contribution in [3.63, 3.8) is 0 Å². The smallest absolute Gasteiger partial charge is 0.306 e. The second kappa shape index (κ2) is 7.53. The quantitative estimate of drug-likeness (QED) is 0.684. The summed E-state index contributed by atoms with van der Waals surface area (Å²) in [6, 6.07) is 0. The van der Waals surface area contributed by atoms with E-state index in [0.29, 0.717) is 6.42 Å². The number of thiazole rings is 1. The lowest BCUT2D eigenvalue weighted by Gasteiger charge is -2.16. The molecule has 0 aromatic carbocycles. The molecular weight excluding hydrogens is 290 g/mol. The SMILES string of the molecule is COC(=O)CCN(C)S(=O)(=O)NCCc1nccs1. The van der Waals surface area contributed by atoms with Gasteiger partial charge in [-0.2, -0.15) is 12.7 Å². The monoisotopic (exact) mass is 307 g/mol. The number of hydrogen-bond donors (Lipinski definition) is 1. The van der Waals surface area contributed by atoms with E-state index in [-0.39, 0.29) is 19.5 Å². The predicted octanol–water partition coefficient (Wildman–Crippen LogP) is 0.0149. The lowest BCUT2D eigenvalue weighted by atomic mass is 10.4. The van der Waals surface area contributed by atoms with Crippen molar-refractivity contribution in [1.29, 1.82) is 0 Å². The van der Waals surface area contributed by atoms with E-state index in [1.54, 1.807) is 6.20 Å². The van der Waals surface area contributed by atoms with Gasteiger partial charge in [0.15, 0.2) is 0 Å². The molecule has 0 radical (unpaired) electrons. The Kier molecular flexibility index (Phi) is 6.35. The fourth-order valence-electron chi connectivity index (χ4n) is 1.24. The second-order valence-corrected chi connectivity index (χ2v) is 6.56. The third kappa shape index (κ3) is 5.64. The zero-order valence-electron chi connectivity index (χ0n) is 10.8. The van der Waals surface area contributed by atoms with Gasteiger partial charge in [0.25, 0.3) is 10.2 Å². The van der Waals surface area contributed by atoms with Crippen LogP contribution in [0.3, 0.4) is 0 Å². The highest BCUT2D eigenvalue weighted by Crippen LogP contribution is 2.04. The van der Waals surface area contributed by atoms with E-state index in [0.717, 1.165) is 9.31 Å². The minimum Gasteiger partial charge on any atom is -0.469 e. The number of hydrogen-bond acceptors (Lipinski definition) is 6. The van der Waals surface area contributed by atoms with Crippen molar-refractivity contribution >= 4 is 27.5 Å². The van der Waals surface area contributed by atoms with Crippen molar-refractivity contribution in [3.05, 3.63) is 16.6 Å². The highest BCUT2D eigenvalue weighted by Gasteiger charge is 2.17. The van der Waals surface area contributed by atoms with Gasteiger partial charge in [0.2, 0.25) is 0 Å². The number of carbonyl (C=O) groups excluding carboxylic acids is 1. The van der Waals surface area contributed by atoms with Gasteiger partial charge in [-0.1, -0.05) is 0 Å². The number of carbonyl (C=O) groups is 1. The number of aromatic nitrogens is 1. The van der Waals surface area contributed by atoms with Crippen molar-refractivity contribution in [2.24, 2.45) is 0 Å². The van der Waals surface area contributed by atoms with Crippen LogP contribution in [0.25, 0.3) is 0 Å². The molecule has 0 unspecified atom stereocenters. The molecule has 0 aliphatic heterocycles. The maximum atomic E-state index is 11.8. The second-order valence-electron chi connectivity index (χ2n) is 3.72. The first kappa shape index (κ1) is 16.0. The molecule has 108 valence electrons. The standard InChI is InChI=1S/C10H17N3O4S2/c1-13(7-4-10(14)17-2)19(15,16)12-5-3-9-11-6-8-18-9/h6,8,12H,3-5,7H2,1-2H3. The molecule has 1 rings (SSSR count). The fraction of sp³-hybridized carbons (Fsp3) is 0.600. The number of rotatable bonds is 8. The van der Waals surface area contributed by atoms with E-state index in [2.05, 4.69) is 14.4 Å². The summed E-state index contributed by atoms with van der Waals surface area (Å²) < 4.78 is 31.6. The Bertz CT molecular complexity index is 487. The molecule has 0 atom stereocenters. The van der Waals surface area contributed by atoms with Gasteiger partial charge in [0.1, 0.15) is 0 Å². The summed E-state index contributed by atoms with van der Waals surface area (Å²) in [4.78, 5) is 15.0. The van der Waals surface area contributed by atoms with Gasteiger partial charge >= 0.3 is 5.97 Å². The molecule has 1 heterocycles. The van der Waals surface area contributed by atoms with Gasteiger partial charge in [0.05, 0.1) is 18.5 Å². The molecule has 9 heteroatoms. The van der Waals surface area contributed by atoms with Gasteiger partial charge < -0.3 is 4.74 Å². The van der Waals surface area contributed by atoms with Gasteiger partial charge in [0, 0.05) is 38.1 Å². The van der Waals surface area contributed by atoms with Crippen LogP contribution in [0.15, 0.2) is 11.6 Å². The molecule has 1 aromatic rings. The number of ether oxygens (including phenoxy) is 1. The molecule has 0 saturated carbocycles. The molecule has 0 spiro atoms. The maximum absolute atomic E-state index is 11.8. The van der Waals surface area contributed by atoms with Crippen LogP contribution in [0.4, 0.5) is 0 Å². The molecule has 7 nitrogen and oxygen atoms in total. The topological polar surface area (TPSA) is 88.6 Å². The van der Waals surface area contributed by atoms with Gasteiger partial charge in [-0.05, 0) is 0 Å². The Morgan fingerprint density at radius 1 is 1.58 bits per heavy atom. The average Bonchev–Trinajstić information content (AvgIpc) is 2.88. The Hall–Kier alpha value is -1.03. The maximum Gasteiger partial charge on any atom is 0.306 e. The Balaban J connectivity index is 2.35. The van der Waals surface area contributed by atoms with Crippen molar-refractivity contribution in [1.82, 2.24) is 14.0 Å². The van der Waals surface area contributed by atoms with Crippen molar-refractivity contribution in [2.75, 3.05) is 27.2 Å². The largest absolute Gasteiger partial charge is 0.469 e. The van der Waals surface area contributed by atoms with E-state index in [1.165, 1.54) is 25.5 Å². The molecule has 0 fully saturated rings. The third-order valence-corrected chi connectivity index (χ3v) is 4.79. The van der Waals surface area contributed by atoms with Crippen LogP contribution in [-0.4, -0.2) is 50.9 Å². The summed E-state index contributed by atoms with van der Waals surface area (Å²) in [7, 11) is -0.887. The van der Waals surface area contributed by atoms with E-state index in [4.69, 9.17) is 0 Å². The molecule has 0 saturated heterocycles. The van der Waals surface area contributed by atoms with Crippen LogP contribution in [0.1, 0.15) is 11.4 Å². The first-order valence-corrected chi connectivity index (χ1v) is 7.94. The minimum atomic E-state index is -3.56. The molecule has 0 aliphatic carbocycles. The zero-order valence-corrected chi connectivity index (χ0v) is 12.5. The fourth-order valence-corrected chi connectivity index (χ4v) is 2.78. The van der Waals surface area contributed by atoms with Crippen molar-refractivity contribution < 1.29 is 17.9 Å². The van der Waals surface area contributed by atoms with Gasteiger partial charge in [-0.3, -0.25) is 4.79 Å². The number of nitrogens with one attached hydrogen (secondary N) is 1. The lowest BCUT2D eigenvalue weighted by Crippen LogP contribution is -2.40. The zero-order chi connectivity index (χ0) is 14.3. The Morgan fingerprint density at radius 3 is 2.89 bits per heavy atom. The van der Waals surface area contributed by atoms with Crippen LogP contribution in [-0.2, 0) is 26.2 Å². The first-order chi connectivity index (χ1) is 8.95. The number of nitrogens with zero attached hydrogens (tertiary/aromatic N) is 2. The highest BCUT2D eigenvalue weighted by atomic mass is 32.2. The molecule has 19 heavy (non-hydrogen) atoms.